The van der Waals surface area contributed by atoms with Crippen molar-refractivity contribution < 1.29 is 17.6 Å². The van der Waals surface area contributed by atoms with E-state index in [0.717, 1.165) is 24.3 Å². The summed E-state index contributed by atoms with van der Waals surface area (Å²) in [6.45, 7) is 0. The van der Waals surface area contributed by atoms with Gasteiger partial charge >= 0.3 is 6.18 Å². The Hall–Kier alpha value is -0.580. The van der Waals surface area contributed by atoms with E-state index in [-0.39, 0.29) is 5.56 Å². The first-order valence-electron chi connectivity index (χ1n) is 3.36. The third-order valence-electron chi connectivity index (χ3n) is 1.49. The van der Waals surface area contributed by atoms with E-state index in [1.165, 1.54) is 0 Å². The molecule has 0 fully saturated rings. The lowest BCUT2D eigenvalue weighted by molar-refractivity contribution is -0.137. The fourth-order valence-electron chi connectivity index (χ4n) is 0.818. The number of hydrogen-bond acceptors (Lipinski definition) is 0. The SMILES string of the molecule is FC(Br)c1ccc(C(F)(F)F)cc1. The van der Waals surface area contributed by atoms with Crippen molar-refractivity contribution in [3.05, 3.63) is 35.4 Å². The molecule has 1 unspecified atom stereocenters. The largest absolute Gasteiger partial charge is 0.416 e. The Labute approximate surface area is 80.7 Å². The molecule has 0 aliphatic heterocycles. The summed E-state index contributed by atoms with van der Waals surface area (Å²) >= 11 is 2.61. The highest BCUT2D eigenvalue weighted by Crippen LogP contribution is 2.31. The van der Waals surface area contributed by atoms with Crippen molar-refractivity contribution in [1.29, 1.82) is 0 Å². The smallest absolute Gasteiger partial charge is 0.230 e. The molecule has 1 aromatic carbocycles. The van der Waals surface area contributed by atoms with Gasteiger partial charge < -0.3 is 0 Å². The van der Waals surface area contributed by atoms with Crippen LogP contribution in [-0.2, 0) is 6.18 Å². The molecule has 0 N–H and O–H groups in total. The van der Waals surface area contributed by atoms with E-state index in [4.69, 9.17) is 0 Å². The summed E-state index contributed by atoms with van der Waals surface area (Å²) in [5.74, 6) is 0. The highest BCUT2D eigenvalue weighted by molar-refractivity contribution is 9.09. The molecule has 13 heavy (non-hydrogen) atoms. The fourth-order valence-corrected chi connectivity index (χ4v) is 1.12. The summed E-state index contributed by atoms with van der Waals surface area (Å²) < 4.78 is 48.5. The molecule has 0 nitrogen and oxygen atoms in total. The lowest BCUT2D eigenvalue weighted by Gasteiger charge is -2.07. The monoisotopic (exact) mass is 256 g/mol. The van der Waals surface area contributed by atoms with E-state index in [1.807, 2.05) is 0 Å². The van der Waals surface area contributed by atoms with Crippen LogP contribution in [0.3, 0.4) is 0 Å². The van der Waals surface area contributed by atoms with Crippen LogP contribution in [0.1, 0.15) is 16.2 Å². The molecule has 0 amide bonds. The molecule has 5 heteroatoms. The second kappa shape index (κ2) is 3.65. The Morgan fingerprint density at radius 1 is 1.08 bits per heavy atom. The third-order valence-corrected chi connectivity index (χ3v) is 2.02. The van der Waals surface area contributed by atoms with E-state index in [0.29, 0.717) is 0 Å². The molecule has 0 saturated heterocycles. The van der Waals surface area contributed by atoms with Gasteiger partial charge in [0.1, 0.15) is 0 Å². The quantitative estimate of drug-likeness (QED) is 0.525. The van der Waals surface area contributed by atoms with Gasteiger partial charge in [0.05, 0.1) is 5.56 Å². The van der Waals surface area contributed by atoms with Crippen molar-refractivity contribution in [3.8, 4) is 0 Å². The Morgan fingerprint density at radius 3 is 1.85 bits per heavy atom. The second-order valence-electron chi connectivity index (χ2n) is 2.42. The van der Waals surface area contributed by atoms with E-state index in [9.17, 15) is 17.6 Å². The summed E-state index contributed by atoms with van der Waals surface area (Å²) in [5, 5.41) is -1.42. The van der Waals surface area contributed by atoms with Crippen LogP contribution in [0, 0.1) is 0 Å². The second-order valence-corrected chi connectivity index (χ2v) is 3.22. The van der Waals surface area contributed by atoms with Crippen molar-refractivity contribution in [2.75, 3.05) is 0 Å². The normalized spacial score (nSPS) is 14.2. The van der Waals surface area contributed by atoms with Gasteiger partial charge in [-0.25, -0.2) is 4.39 Å². The van der Waals surface area contributed by atoms with Gasteiger partial charge in [0, 0.05) is 0 Å². The first kappa shape index (κ1) is 10.5. The topological polar surface area (TPSA) is 0 Å². The molecule has 0 heterocycles. The van der Waals surface area contributed by atoms with Gasteiger partial charge in [0.2, 0.25) is 0 Å². The predicted molar refractivity (Wildman–Crippen MR) is 44.2 cm³/mol. The van der Waals surface area contributed by atoms with Crippen LogP contribution in [0.4, 0.5) is 17.6 Å². The van der Waals surface area contributed by atoms with Gasteiger partial charge in [-0.3, -0.25) is 0 Å². The van der Waals surface area contributed by atoms with Crippen molar-refractivity contribution in [2.24, 2.45) is 0 Å². The summed E-state index contributed by atoms with van der Waals surface area (Å²) in [4.78, 5) is 0. The van der Waals surface area contributed by atoms with Crippen LogP contribution < -0.4 is 0 Å². The van der Waals surface area contributed by atoms with Crippen molar-refractivity contribution in [1.82, 2.24) is 0 Å². The van der Waals surface area contributed by atoms with Crippen LogP contribution >= 0.6 is 15.9 Å². The zero-order valence-electron chi connectivity index (χ0n) is 6.28. The van der Waals surface area contributed by atoms with E-state index in [2.05, 4.69) is 15.9 Å². The van der Waals surface area contributed by atoms with E-state index in [1.54, 1.807) is 0 Å². The first-order chi connectivity index (χ1) is 5.91. The Kier molecular flexibility index (Phi) is 2.95. The van der Waals surface area contributed by atoms with Crippen LogP contribution in [0.15, 0.2) is 24.3 Å². The van der Waals surface area contributed by atoms with Crippen LogP contribution in [0.2, 0.25) is 0 Å². The molecule has 1 atom stereocenters. The number of benzene rings is 1. The molecular weight excluding hydrogens is 252 g/mol. The zero-order chi connectivity index (χ0) is 10.1. The molecule has 1 aromatic rings. The number of rotatable bonds is 1. The van der Waals surface area contributed by atoms with Crippen molar-refractivity contribution >= 4 is 15.9 Å². The summed E-state index contributed by atoms with van der Waals surface area (Å²) in [6.07, 6.45) is -4.36. The molecule has 0 spiro atoms. The van der Waals surface area contributed by atoms with Gasteiger partial charge in [-0.05, 0) is 33.6 Å². The molecular formula is C8H5BrF4. The lowest BCUT2D eigenvalue weighted by Crippen LogP contribution is -2.04. The van der Waals surface area contributed by atoms with Crippen LogP contribution in [-0.4, -0.2) is 0 Å². The maximum Gasteiger partial charge on any atom is 0.416 e. The molecule has 0 bridgehead atoms. The predicted octanol–water partition coefficient (Wildman–Crippen LogP) is 4.07. The van der Waals surface area contributed by atoms with Crippen LogP contribution in [0.25, 0.3) is 0 Å². The minimum atomic E-state index is -4.36. The lowest BCUT2D eigenvalue weighted by atomic mass is 10.1. The van der Waals surface area contributed by atoms with Gasteiger partial charge in [-0.2, -0.15) is 13.2 Å². The third kappa shape index (κ3) is 2.69. The average molecular weight is 257 g/mol. The van der Waals surface area contributed by atoms with Gasteiger partial charge in [0.15, 0.2) is 5.08 Å². The Morgan fingerprint density at radius 2 is 1.54 bits per heavy atom. The van der Waals surface area contributed by atoms with Gasteiger partial charge in [-0.15, -0.1) is 0 Å². The fraction of sp³-hybridized carbons (Fsp3) is 0.250. The van der Waals surface area contributed by atoms with Crippen LogP contribution in [0.5, 0.6) is 0 Å². The number of hydrogen-bond donors (Lipinski definition) is 0. The molecule has 0 saturated carbocycles. The highest BCUT2D eigenvalue weighted by atomic mass is 79.9. The number of halogens is 5. The molecule has 72 valence electrons. The minimum absolute atomic E-state index is 0.174. The average Bonchev–Trinajstić information content (AvgIpc) is 2.03. The van der Waals surface area contributed by atoms with E-state index >= 15 is 0 Å². The highest BCUT2D eigenvalue weighted by Gasteiger charge is 2.30. The van der Waals surface area contributed by atoms with Crippen molar-refractivity contribution in [2.45, 2.75) is 11.3 Å². The first-order valence-corrected chi connectivity index (χ1v) is 4.28. The van der Waals surface area contributed by atoms with E-state index < -0.39 is 16.8 Å². The minimum Gasteiger partial charge on any atom is -0.230 e. The molecule has 0 aromatic heterocycles. The van der Waals surface area contributed by atoms with Crippen molar-refractivity contribution in [3.63, 3.8) is 0 Å². The Bertz CT molecular complexity index is 275. The molecule has 0 aliphatic rings. The van der Waals surface area contributed by atoms with Gasteiger partial charge in [0.25, 0.3) is 0 Å². The molecule has 1 rings (SSSR count). The summed E-state index contributed by atoms with van der Waals surface area (Å²) in [5.41, 5.74) is -0.600. The maximum absolute atomic E-state index is 12.5. The zero-order valence-corrected chi connectivity index (χ0v) is 7.86. The standard InChI is InChI=1S/C8H5BrF4/c9-7(10)5-1-3-6(4-2-5)8(11,12)13/h1-4,7H. The summed E-state index contributed by atoms with van der Waals surface area (Å²) in [6, 6.07) is 3.90. The summed E-state index contributed by atoms with van der Waals surface area (Å²) in [7, 11) is 0. The Balaban J connectivity index is 2.94. The molecule has 0 radical (unpaired) electrons. The molecule has 0 aliphatic carbocycles. The number of alkyl halides is 5. The maximum atomic E-state index is 12.5. The van der Waals surface area contributed by atoms with Gasteiger partial charge in [-0.1, -0.05) is 12.1 Å².